The number of para-hydroxylation sites is 2. The van der Waals surface area contributed by atoms with Gasteiger partial charge in [-0.15, -0.1) is 0 Å². The van der Waals surface area contributed by atoms with E-state index in [9.17, 15) is 4.79 Å². The first-order chi connectivity index (χ1) is 15.1. The molecule has 0 fully saturated rings. The third-order valence-corrected chi connectivity index (χ3v) is 5.38. The van der Waals surface area contributed by atoms with Crippen molar-refractivity contribution in [1.82, 2.24) is 9.47 Å². The van der Waals surface area contributed by atoms with Crippen molar-refractivity contribution in [3.63, 3.8) is 0 Å². The number of ether oxygens (including phenoxy) is 1. The number of rotatable bonds is 10. The number of carbonyl (C=O) groups is 1. The molecule has 2 amide bonds. The molecule has 0 aliphatic heterocycles. The number of carbonyl (C=O) groups excluding carboxylic acids is 1. The number of amides is 2. The number of nitrogens with one attached hydrogen (secondary N) is 1. The Morgan fingerprint density at radius 3 is 2.68 bits per heavy atom. The van der Waals surface area contributed by atoms with Gasteiger partial charge in [0.2, 0.25) is 0 Å². The zero-order valence-corrected chi connectivity index (χ0v) is 18.8. The fourth-order valence-electron chi connectivity index (χ4n) is 3.70. The van der Waals surface area contributed by atoms with Crippen LogP contribution in [0.1, 0.15) is 43.0 Å². The van der Waals surface area contributed by atoms with Crippen molar-refractivity contribution < 1.29 is 9.53 Å². The van der Waals surface area contributed by atoms with Crippen molar-refractivity contribution >= 4 is 11.7 Å². The summed E-state index contributed by atoms with van der Waals surface area (Å²) >= 11 is 0. The Balaban J connectivity index is 1.75. The van der Waals surface area contributed by atoms with Gasteiger partial charge in [0.15, 0.2) is 0 Å². The zero-order valence-electron chi connectivity index (χ0n) is 18.8. The summed E-state index contributed by atoms with van der Waals surface area (Å²) < 4.78 is 7.61. The summed E-state index contributed by atoms with van der Waals surface area (Å²) in [5, 5.41) is 3.03. The average Bonchev–Trinajstić information content (AvgIpc) is 3.20. The minimum atomic E-state index is -0.107. The van der Waals surface area contributed by atoms with Crippen LogP contribution in [0.4, 0.5) is 10.5 Å². The van der Waals surface area contributed by atoms with Gasteiger partial charge in [-0.2, -0.15) is 0 Å². The van der Waals surface area contributed by atoms with E-state index in [2.05, 4.69) is 60.3 Å². The summed E-state index contributed by atoms with van der Waals surface area (Å²) in [6.07, 6.45) is 5.28. The predicted molar refractivity (Wildman–Crippen MR) is 127 cm³/mol. The number of aryl methyl sites for hydroxylation is 1. The molecule has 0 saturated carbocycles. The van der Waals surface area contributed by atoms with Gasteiger partial charge in [-0.3, -0.25) is 0 Å². The fraction of sp³-hybridized carbons (Fsp3) is 0.346. The number of nitrogens with zero attached hydrogens (tertiary/aromatic N) is 2. The first kappa shape index (κ1) is 22.5. The van der Waals surface area contributed by atoms with Crippen LogP contribution in [0, 0.1) is 6.92 Å². The zero-order chi connectivity index (χ0) is 22.1. The lowest BCUT2D eigenvalue weighted by Gasteiger charge is -2.24. The van der Waals surface area contributed by atoms with Crippen molar-refractivity contribution in [2.45, 2.75) is 46.2 Å². The summed E-state index contributed by atoms with van der Waals surface area (Å²) in [6, 6.07) is 20.1. The number of benzene rings is 2. The lowest BCUT2D eigenvalue weighted by molar-refractivity contribution is 0.206. The summed E-state index contributed by atoms with van der Waals surface area (Å²) in [4.78, 5) is 15.1. The normalized spacial score (nSPS) is 10.7. The predicted octanol–water partition coefficient (Wildman–Crippen LogP) is 6.08. The van der Waals surface area contributed by atoms with Gasteiger partial charge in [0.05, 0.1) is 19.3 Å². The summed E-state index contributed by atoms with van der Waals surface area (Å²) in [7, 11) is 1.61. The van der Waals surface area contributed by atoms with Crippen LogP contribution >= 0.6 is 0 Å². The second kappa shape index (κ2) is 11.3. The Kier molecular flexibility index (Phi) is 8.16. The molecule has 0 saturated heterocycles. The van der Waals surface area contributed by atoms with Gasteiger partial charge in [0, 0.05) is 25.0 Å². The SMILES string of the molecule is CCCCCN(Cc1cccn1Cc1cccc(C)c1)C(=O)Nc1ccccc1OC. The first-order valence-electron chi connectivity index (χ1n) is 11.0. The molecule has 0 bridgehead atoms. The van der Waals surface area contributed by atoms with Crippen molar-refractivity contribution in [3.05, 3.63) is 83.7 Å². The minimum absolute atomic E-state index is 0.107. The van der Waals surface area contributed by atoms with E-state index in [-0.39, 0.29) is 6.03 Å². The highest BCUT2D eigenvalue weighted by atomic mass is 16.5. The van der Waals surface area contributed by atoms with Crippen molar-refractivity contribution in [2.24, 2.45) is 0 Å². The summed E-state index contributed by atoms with van der Waals surface area (Å²) in [6.45, 7) is 6.35. The maximum atomic E-state index is 13.2. The van der Waals surface area contributed by atoms with Crippen molar-refractivity contribution in [3.8, 4) is 5.75 Å². The number of unbranched alkanes of at least 4 members (excludes halogenated alkanes) is 2. The molecule has 0 aliphatic rings. The molecule has 5 nitrogen and oxygen atoms in total. The minimum Gasteiger partial charge on any atom is -0.495 e. The van der Waals surface area contributed by atoms with Crippen LogP contribution in [0.15, 0.2) is 66.9 Å². The number of hydrogen-bond donors (Lipinski definition) is 1. The van der Waals surface area contributed by atoms with E-state index in [0.29, 0.717) is 24.5 Å². The largest absolute Gasteiger partial charge is 0.495 e. The van der Waals surface area contributed by atoms with Gasteiger partial charge in [-0.05, 0) is 43.2 Å². The van der Waals surface area contributed by atoms with Gasteiger partial charge >= 0.3 is 6.03 Å². The van der Waals surface area contributed by atoms with E-state index in [1.54, 1.807) is 7.11 Å². The molecule has 0 unspecified atom stereocenters. The van der Waals surface area contributed by atoms with Crippen molar-refractivity contribution in [1.29, 1.82) is 0 Å². The molecule has 0 spiro atoms. The molecule has 3 aromatic rings. The number of hydrogen-bond acceptors (Lipinski definition) is 2. The standard InChI is InChI=1S/C26H33N3O2/c1-4-5-8-16-29(26(30)27-24-14-6-7-15-25(24)31-3)20-23-13-10-17-28(23)19-22-12-9-11-21(2)18-22/h6-7,9-15,17-18H,4-5,8,16,19-20H2,1-3H3,(H,27,30). The molecule has 2 aromatic carbocycles. The topological polar surface area (TPSA) is 46.5 Å². The molecule has 1 heterocycles. The molecular formula is C26H33N3O2. The Hall–Kier alpha value is -3.21. The van der Waals surface area contributed by atoms with E-state index in [1.165, 1.54) is 11.1 Å². The quantitative estimate of drug-likeness (QED) is 0.405. The van der Waals surface area contributed by atoms with Crippen LogP contribution in [0.3, 0.4) is 0 Å². The second-order valence-corrected chi connectivity index (χ2v) is 7.88. The Bertz CT molecular complexity index is 980. The van der Waals surface area contributed by atoms with Gasteiger partial charge < -0.3 is 19.5 Å². The third kappa shape index (κ3) is 6.38. The van der Waals surface area contributed by atoms with Gasteiger partial charge in [-0.1, -0.05) is 61.7 Å². The first-order valence-corrected chi connectivity index (χ1v) is 11.0. The molecule has 1 aromatic heterocycles. The summed E-state index contributed by atoms with van der Waals surface area (Å²) in [5.41, 5.74) is 4.32. The van der Waals surface area contributed by atoms with Crippen LogP contribution in [0.2, 0.25) is 0 Å². The maximum Gasteiger partial charge on any atom is 0.322 e. The molecule has 3 rings (SSSR count). The number of anilines is 1. The number of urea groups is 1. The number of aromatic nitrogens is 1. The van der Waals surface area contributed by atoms with Gasteiger partial charge in [0.25, 0.3) is 0 Å². The Labute approximate surface area is 185 Å². The average molecular weight is 420 g/mol. The Morgan fingerprint density at radius 1 is 1.06 bits per heavy atom. The van der Waals surface area contributed by atoms with E-state index < -0.39 is 0 Å². The smallest absolute Gasteiger partial charge is 0.322 e. The van der Waals surface area contributed by atoms with Crippen LogP contribution in [0.5, 0.6) is 5.75 Å². The van der Waals surface area contributed by atoms with Crippen molar-refractivity contribution in [2.75, 3.05) is 19.0 Å². The third-order valence-electron chi connectivity index (χ3n) is 5.38. The van der Waals surface area contributed by atoms with E-state index >= 15 is 0 Å². The lowest BCUT2D eigenvalue weighted by atomic mass is 10.1. The highest BCUT2D eigenvalue weighted by Crippen LogP contribution is 2.24. The van der Waals surface area contributed by atoms with E-state index in [1.807, 2.05) is 35.2 Å². The molecular weight excluding hydrogens is 386 g/mol. The van der Waals surface area contributed by atoms with Gasteiger partial charge in [0.1, 0.15) is 5.75 Å². The molecule has 1 N–H and O–H groups in total. The second-order valence-electron chi connectivity index (χ2n) is 7.88. The molecule has 5 heteroatoms. The van der Waals surface area contributed by atoms with Crippen LogP contribution in [-0.4, -0.2) is 29.2 Å². The molecule has 31 heavy (non-hydrogen) atoms. The van der Waals surface area contributed by atoms with Crippen LogP contribution in [-0.2, 0) is 13.1 Å². The fourth-order valence-corrected chi connectivity index (χ4v) is 3.70. The van der Waals surface area contributed by atoms with E-state index in [0.717, 1.165) is 31.5 Å². The highest BCUT2D eigenvalue weighted by molar-refractivity contribution is 5.90. The molecule has 0 aliphatic carbocycles. The molecule has 0 radical (unpaired) electrons. The van der Waals surface area contributed by atoms with E-state index in [4.69, 9.17) is 4.74 Å². The lowest BCUT2D eigenvalue weighted by Crippen LogP contribution is -2.36. The van der Waals surface area contributed by atoms with Crippen LogP contribution < -0.4 is 10.1 Å². The molecule has 0 atom stereocenters. The monoisotopic (exact) mass is 419 g/mol. The number of methoxy groups -OCH3 is 1. The molecule has 164 valence electrons. The summed E-state index contributed by atoms with van der Waals surface area (Å²) in [5.74, 6) is 0.659. The maximum absolute atomic E-state index is 13.2. The Morgan fingerprint density at radius 2 is 1.90 bits per heavy atom. The van der Waals surface area contributed by atoms with Gasteiger partial charge in [-0.25, -0.2) is 4.79 Å². The highest BCUT2D eigenvalue weighted by Gasteiger charge is 2.17. The van der Waals surface area contributed by atoms with Crippen LogP contribution in [0.25, 0.3) is 0 Å².